The van der Waals surface area contributed by atoms with Crippen molar-refractivity contribution in [1.82, 2.24) is 29.6 Å². The lowest BCUT2D eigenvalue weighted by Gasteiger charge is -2.24. The number of H-pyrrole nitrogens is 2. The van der Waals surface area contributed by atoms with Crippen LogP contribution in [0.15, 0.2) is 88.2 Å². The Hall–Kier alpha value is -4.18. The number of halogens is 2. The zero-order valence-corrected chi connectivity index (χ0v) is 21.4. The minimum Gasteiger partial charge on any atom is -0.469 e. The molecule has 186 valence electrons. The molecule has 0 aliphatic carbocycles. The van der Waals surface area contributed by atoms with E-state index in [9.17, 15) is 9.18 Å². The zero-order valence-electron chi connectivity index (χ0n) is 19.8. The number of hydrogen-bond acceptors (Lipinski definition) is 5. The van der Waals surface area contributed by atoms with Gasteiger partial charge < -0.3 is 19.6 Å². The van der Waals surface area contributed by atoms with Crippen molar-refractivity contribution in [2.75, 3.05) is 6.54 Å². The number of hydrogen-bond donors (Lipinski definition) is 2. The van der Waals surface area contributed by atoms with Crippen molar-refractivity contribution in [2.24, 2.45) is 0 Å². The van der Waals surface area contributed by atoms with Gasteiger partial charge in [-0.2, -0.15) is 5.10 Å². The summed E-state index contributed by atoms with van der Waals surface area (Å²) >= 11 is 3.47. The minimum absolute atomic E-state index is 0.219. The molecule has 6 rings (SSSR count). The molecule has 2 aromatic carbocycles. The zero-order chi connectivity index (χ0) is 25.5. The van der Waals surface area contributed by atoms with Crippen molar-refractivity contribution in [3.8, 4) is 17.1 Å². The first-order chi connectivity index (χ1) is 17.9. The fourth-order valence-electron chi connectivity index (χ4n) is 4.50. The topological polar surface area (TPSA) is 91.8 Å². The summed E-state index contributed by atoms with van der Waals surface area (Å²) in [5, 5.41) is 4.82. The number of nitrogens with one attached hydrogen (secondary N) is 2. The molecule has 8 nitrogen and oxygen atoms in total. The fourth-order valence-corrected chi connectivity index (χ4v) is 4.77. The van der Waals surface area contributed by atoms with Crippen LogP contribution < -0.4 is 5.69 Å². The Morgan fingerprint density at radius 3 is 2.68 bits per heavy atom. The van der Waals surface area contributed by atoms with Gasteiger partial charge in [0, 0.05) is 23.4 Å². The average molecular weight is 561 g/mol. The summed E-state index contributed by atoms with van der Waals surface area (Å²) in [6, 6.07) is 16.7. The molecule has 1 aliphatic heterocycles. The highest BCUT2D eigenvalue weighted by Crippen LogP contribution is 2.37. The van der Waals surface area contributed by atoms with Gasteiger partial charge in [-0.05, 0) is 67.4 Å². The fraction of sp³-hybridized carbons (Fsp3) is 0.148. The molecule has 2 N–H and O–H groups in total. The lowest BCUT2D eigenvalue weighted by molar-refractivity contribution is 0.0444. The molecule has 0 fully saturated rings. The van der Waals surface area contributed by atoms with Gasteiger partial charge >= 0.3 is 5.69 Å². The van der Waals surface area contributed by atoms with E-state index in [1.54, 1.807) is 10.7 Å². The summed E-state index contributed by atoms with van der Waals surface area (Å²) in [5.74, 6) is 0.374. The number of nitrogens with zero attached hydrogens (tertiary/aromatic N) is 4. The number of allylic oxidation sites excluding steroid dienone is 1. The van der Waals surface area contributed by atoms with Gasteiger partial charge in [0.1, 0.15) is 17.3 Å². The summed E-state index contributed by atoms with van der Waals surface area (Å²) in [6.45, 7) is 2.58. The molecule has 0 spiro atoms. The van der Waals surface area contributed by atoms with Gasteiger partial charge in [-0.25, -0.2) is 13.9 Å². The van der Waals surface area contributed by atoms with Crippen molar-refractivity contribution >= 4 is 27.0 Å². The van der Waals surface area contributed by atoms with E-state index < -0.39 is 12.0 Å². The van der Waals surface area contributed by atoms with E-state index in [4.69, 9.17) is 9.84 Å². The Labute approximate surface area is 219 Å². The van der Waals surface area contributed by atoms with Crippen LogP contribution in [-0.4, -0.2) is 36.2 Å². The molecule has 0 amide bonds. The van der Waals surface area contributed by atoms with Crippen molar-refractivity contribution in [2.45, 2.75) is 19.6 Å². The van der Waals surface area contributed by atoms with E-state index in [1.807, 2.05) is 61.8 Å². The van der Waals surface area contributed by atoms with E-state index in [2.05, 4.69) is 35.8 Å². The predicted octanol–water partition coefficient (Wildman–Crippen LogP) is 5.44. The molecule has 0 unspecified atom stereocenters. The Balaban J connectivity index is 1.34. The van der Waals surface area contributed by atoms with E-state index in [1.165, 1.54) is 12.3 Å². The number of pyridine rings is 1. The van der Waals surface area contributed by atoms with Crippen molar-refractivity contribution in [3.05, 3.63) is 111 Å². The molecular formula is C27H22BrFN6O2. The minimum atomic E-state index is -0.429. The largest absolute Gasteiger partial charge is 0.469 e. The lowest BCUT2D eigenvalue weighted by Crippen LogP contribution is -2.23. The molecule has 10 heteroatoms. The molecule has 0 radical (unpaired) electrons. The van der Waals surface area contributed by atoms with Crippen LogP contribution in [0.2, 0.25) is 0 Å². The van der Waals surface area contributed by atoms with Gasteiger partial charge in [0.05, 0.1) is 34.2 Å². The lowest BCUT2D eigenvalue weighted by atomic mass is 10.1. The van der Waals surface area contributed by atoms with Gasteiger partial charge in [-0.1, -0.05) is 22.0 Å². The summed E-state index contributed by atoms with van der Waals surface area (Å²) in [4.78, 5) is 23.6. The van der Waals surface area contributed by atoms with E-state index in [0.29, 0.717) is 17.9 Å². The highest BCUT2D eigenvalue weighted by molar-refractivity contribution is 9.10. The maximum absolute atomic E-state index is 13.6. The molecule has 0 bridgehead atoms. The number of rotatable bonds is 6. The Morgan fingerprint density at radius 2 is 1.89 bits per heavy atom. The molecule has 0 saturated carbocycles. The molecule has 5 aromatic rings. The van der Waals surface area contributed by atoms with Crippen LogP contribution in [0.25, 0.3) is 28.1 Å². The first-order valence-electron chi connectivity index (χ1n) is 11.7. The second kappa shape index (κ2) is 9.36. The van der Waals surface area contributed by atoms with Gasteiger partial charge in [0.2, 0.25) is 6.23 Å². The van der Waals surface area contributed by atoms with Crippen LogP contribution in [0.1, 0.15) is 24.3 Å². The van der Waals surface area contributed by atoms with Crippen LogP contribution in [0.5, 0.6) is 0 Å². The Bertz CT molecular complexity index is 1670. The third-order valence-corrected chi connectivity index (χ3v) is 6.78. The summed E-state index contributed by atoms with van der Waals surface area (Å²) < 4.78 is 22.6. The first-order valence-corrected chi connectivity index (χ1v) is 12.5. The first kappa shape index (κ1) is 23.2. The molecule has 37 heavy (non-hydrogen) atoms. The SMILES string of the molecule is CC1=CN(CCc2ccc3[nH]c(=O)[nH]c3c2)[C@@H](c2cn(-c3ccc(Br)cc3)nc2-c2ccc(F)cn2)O1. The third-order valence-electron chi connectivity index (χ3n) is 6.26. The second-order valence-corrected chi connectivity index (χ2v) is 9.79. The van der Waals surface area contributed by atoms with E-state index in [0.717, 1.165) is 44.5 Å². The molecular weight excluding hydrogens is 539 g/mol. The summed E-state index contributed by atoms with van der Waals surface area (Å²) in [5.41, 5.74) is 5.30. The Morgan fingerprint density at radius 1 is 1.08 bits per heavy atom. The quantitative estimate of drug-likeness (QED) is 0.288. The summed E-state index contributed by atoms with van der Waals surface area (Å²) in [6.07, 6.45) is 5.42. The highest BCUT2D eigenvalue weighted by Gasteiger charge is 2.31. The maximum atomic E-state index is 13.6. The van der Waals surface area contributed by atoms with Crippen LogP contribution in [0.4, 0.5) is 4.39 Å². The van der Waals surface area contributed by atoms with E-state index in [-0.39, 0.29) is 5.69 Å². The molecule has 3 aromatic heterocycles. The van der Waals surface area contributed by atoms with Crippen LogP contribution in [-0.2, 0) is 11.2 Å². The van der Waals surface area contributed by atoms with Crippen molar-refractivity contribution < 1.29 is 9.13 Å². The molecule has 0 saturated heterocycles. The molecule has 1 aliphatic rings. The van der Waals surface area contributed by atoms with Crippen LogP contribution >= 0.6 is 15.9 Å². The number of aromatic nitrogens is 5. The molecule has 1 atom stereocenters. The predicted molar refractivity (Wildman–Crippen MR) is 141 cm³/mol. The van der Waals surface area contributed by atoms with Crippen LogP contribution in [0, 0.1) is 5.82 Å². The Kier molecular flexibility index (Phi) is 5.88. The second-order valence-electron chi connectivity index (χ2n) is 8.87. The third kappa shape index (κ3) is 4.67. The van der Waals surface area contributed by atoms with Gasteiger partial charge in [-0.15, -0.1) is 0 Å². The average Bonchev–Trinajstić information content (AvgIpc) is 3.59. The monoisotopic (exact) mass is 560 g/mol. The van der Waals surface area contributed by atoms with Gasteiger partial charge in [0.15, 0.2) is 0 Å². The van der Waals surface area contributed by atoms with Crippen molar-refractivity contribution in [1.29, 1.82) is 0 Å². The number of imidazole rings is 1. The number of aromatic amines is 2. The normalized spacial score (nSPS) is 15.3. The van der Waals surface area contributed by atoms with Crippen molar-refractivity contribution in [3.63, 3.8) is 0 Å². The van der Waals surface area contributed by atoms with E-state index >= 15 is 0 Å². The highest BCUT2D eigenvalue weighted by atomic mass is 79.9. The smallest absolute Gasteiger partial charge is 0.323 e. The number of fused-ring (bicyclic) bond motifs is 1. The van der Waals surface area contributed by atoms with Crippen LogP contribution in [0.3, 0.4) is 0 Å². The van der Waals surface area contributed by atoms with Gasteiger partial charge in [-0.3, -0.25) is 4.98 Å². The number of benzene rings is 2. The molecule has 4 heterocycles. The van der Waals surface area contributed by atoms with Gasteiger partial charge in [0.25, 0.3) is 0 Å². The number of ether oxygens (including phenoxy) is 1. The standard InChI is InChI=1S/C27H22BrFN6O2/c1-16-14-34(11-10-17-2-8-22-24(12-17)32-27(36)31-22)26(37-16)21-15-35(20-6-3-18(28)4-7-20)33-25(21)23-9-5-19(29)13-30-23/h2-9,12-15,26H,10-11H2,1H3,(H2,31,32,36)/t26-/m1/s1. The maximum Gasteiger partial charge on any atom is 0.323 e. The summed E-state index contributed by atoms with van der Waals surface area (Å²) in [7, 11) is 0.